The van der Waals surface area contributed by atoms with Gasteiger partial charge in [0.05, 0.1) is 4.90 Å². The van der Waals surface area contributed by atoms with E-state index in [0.717, 1.165) is 28.5 Å². The van der Waals surface area contributed by atoms with Crippen LogP contribution in [-0.4, -0.2) is 29.6 Å². The Balaban J connectivity index is 1.64. The molecule has 0 aromatic heterocycles. The van der Waals surface area contributed by atoms with Crippen LogP contribution in [-0.2, 0) is 9.84 Å². The summed E-state index contributed by atoms with van der Waals surface area (Å²) >= 11 is 12.5. The number of thiocarbonyl (C=S) groups is 2. The second kappa shape index (κ2) is 10.2. The highest BCUT2D eigenvalue weighted by Gasteiger charge is 2.42. The Hall–Kier alpha value is -1.48. The highest BCUT2D eigenvalue weighted by Crippen LogP contribution is 2.46. The van der Waals surface area contributed by atoms with Crippen molar-refractivity contribution in [1.82, 2.24) is 10.6 Å². The van der Waals surface area contributed by atoms with E-state index in [4.69, 9.17) is 24.4 Å². The van der Waals surface area contributed by atoms with Crippen molar-refractivity contribution in [3.05, 3.63) is 60.7 Å². The minimum absolute atomic E-state index is 0.0965. The molecule has 0 saturated heterocycles. The molecule has 0 amide bonds. The first kappa shape index (κ1) is 25.1. The third kappa shape index (κ3) is 6.76. The van der Waals surface area contributed by atoms with Crippen molar-refractivity contribution in [2.75, 3.05) is 6.54 Å². The zero-order valence-corrected chi connectivity index (χ0v) is 21.9. The zero-order valence-electron chi connectivity index (χ0n) is 18.6. The molecule has 2 unspecified atom stereocenters. The second-order valence-corrected chi connectivity index (χ2v) is 13.9. The van der Waals surface area contributed by atoms with Crippen LogP contribution < -0.4 is 10.6 Å². The molecule has 8 heteroatoms. The Labute approximate surface area is 206 Å². The van der Waals surface area contributed by atoms with Crippen molar-refractivity contribution < 1.29 is 8.42 Å². The molecule has 2 aromatic carbocycles. The van der Waals surface area contributed by atoms with Gasteiger partial charge >= 0.3 is 0 Å². The molecule has 1 fully saturated rings. The van der Waals surface area contributed by atoms with E-state index in [1.54, 1.807) is 42.1 Å². The van der Waals surface area contributed by atoms with Gasteiger partial charge in [-0.2, -0.15) is 0 Å². The number of hydrogen-bond acceptors (Lipinski definition) is 5. The summed E-state index contributed by atoms with van der Waals surface area (Å²) in [4.78, 5) is 1.33. The SMILES string of the molecule is CC1(C)CC(NC(=S)Sc2ccccc2)CC(C)(CNC(=S)S(=O)(=O)c2ccccc2)C1. The highest BCUT2D eigenvalue weighted by atomic mass is 32.2. The molecule has 1 saturated carbocycles. The Bertz CT molecular complexity index is 1060. The maximum atomic E-state index is 12.8. The fraction of sp³-hybridized carbons (Fsp3) is 0.417. The second-order valence-electron chi connectivity index (χ2n) is 9.56. The van der Waals surface area contributed by atoms with Gasteiger partial charge in [-0.15, -0.1) is 0 Å². The smallest absolute Gasteiger partial charge is 0.232 e. The van der Waals surface area contributed by atoms with Gasteiger partial charge < -0.3 is 10.6 Å². The summed E-state index contributed by atoms with van der Waals surface area (Å²) in [5.41, 5.74) is -0.0258. The lowest BCUT2D eigenvalue weighted by Crippen LogP contribution is -2.50. The first-order valence-corrected chi connectivity index (χ1v) is 13.7. The van der Waals surface area contributed by atoms with E-state index in [9.17, 15) is 8.42 Å². The number of benzene rings is 2. The Morgan fingerprint density at radius 3 is 2.22 bits per heavy atom. The molecule has 2 atom stereocenters. The van der Waals surface area contributed by atoms with Gasteiger partial charge in [-0.3, -0.25) is 0 Å². The molecule has 172 valence electrons. The molecular weight excluding hydrogens is 477 g/mol. The van der Waals surface area contributed by atoms with Crippen molar-refractivity contribution in [2.45, 2.75) is 55.9 Å². The lowest BCUT2D eigenvalue weighted by atomic mass is 9.62. The Morgan fingerprint density at radius 1 is 1.00 bits per heavy atom. The van der Waals surface area contributed by atoms with Gasteiger partial charge in [0.1, 0.15) is 4.32 Å². The van der Waals surface area contributed by atoms with Crippen LogP contribution in [0.4, 0.5) is 0 Å². The van der Waals surface area contributed by atoms with Gasteiger partial charge in [-0.1, -0.05) is 81.1 Å². The molecule has 1 aliphatic carbocycles. The fourth-order valence-electron chi connectivity index (χ4n) is 4.75. The third-order valence-corrected chi connectivity index (χ3v) is 9.18. The molecular formula is C24H30N2O2S4. The Morgan fingerprint density at radius 2 is 1.59 bits per heavy atom. The maximum absolute atomic E-state index is 12.8. The molecule has 32 heavy (non-hydrogen) atoms. The topological polar surface area (TPSA) is 58.2 Å². The number of sulfone groups is 1. The zero-order chi connectivity index (χ0) is 23.4. The quantitative estimate of drug-likeness (QED) is 0.405. The van der Waals surface area contributed by atoms with Crippen LogP contribution in [0.2, 0.25) is 0 Å². The normalized spacial score (nSPS) is 22.7. The van der Waals surface area contributed by atoms with Crippen LogP contribution in [0.3, 0.4) is 0 Å². The first-order chi connectivity index (χ1) is 15.0. The summed E-state index contributed by atoms with van der Waals surface area (Å²) in [6, 6.07) is 18.6. The highest BCUT2D eigenvalue weighted by molar-refractivity contribution is 8.23. The van der Waals surface area contributed by atoms with E-state index in [1.165, 1.54) is 0 Å². The standard InChI is InChI=1S/C24H30N2O2S4/c1-23(2)14-18(26-21(29)31-19-10-6-4-7-11-19)15-24(3,16-23)17-25-22(30)32(27,28)20-12-8-5-9-13-20/h4-13,18H,14-17H2,1-3H3,(H,25,30)(H,26,29). The van der Waals surface area contributed by atoms with Crippen LogP contribution in [0.15, 0.2) is 70.5 Å². The van der Waals surface area contributed by atoms with Crippen LogP contribution in [0.5, 0.6) is 0 Å². The summed E-state index contributed by atoms with van der Waals surface area (Å²) in [7, 11) is -3.68. The lowest BCUT2D eigenvalue weighted by molar-refractivity contribution is 0.0811. The number of thioether (sulfide) groups is 1. The number of nitrogens with one attached hydrogen (secondary N) is 2. The number of hydrogen-bond donors (Lipinski definition) is 2. The minimum Gasteiger partial charge on any atom is -0.368 e. The van der Waals surface area contributed by atoms with Crippen molar-refractivity contribution >= 4 is 54.7 Å². The molecule has 4 nitrogen and oxygen atoms in total. The summed E-state index contributed by atoms with van der Waals surface area (Å²) in [6.45, 7) is 7.20. The maximum Gasteiger partial charge on any atom is 0.232 e. The molecule has 0 radical (unpaired) electrons. The van der Waals surface area contributed by atoms with Crippen LogP contribution >= 0.6 is 36.2 Å². The molecule has 1 aliphatic rings. The van der Waals surface area contributed by atoms with E-state index in [-0.39, 0.29) is 26.1 Å². The van der Waals surface area contributed by atoms with Gasteiger partial charge in [0, 0.05) is 17.5 Å². The van der Waals surface area contributed by atoms with Gasteiger partial charge in [0.25, 0.3) is 0 Å². The summed E-state index contributed by atoms with van der Waals surface area (Å²) in [5, 5.41) is 6.60. The molecule has 2 N–H and O–H groups in total. The van der Waals surface area contributed by atoms with E-state index in [0.29, 0.717) is 6.54 Å². The van der Waals surface area contributed by atoms with E-state index in [1.807, 2.05) is 30.3 Å². The van der Waals surface area contributed by atoms with Gasteiger partial charge in [0.2, 0.25) is 9.84 Å². The molecule has 0 heterocycles. The molecule has 0 bridgehead atoms. The van der Waals surface area contributed by atoms with Gasteiger partial charge in [-0.25, -0.2) is 8.42 Å². The first-order valence-electron chi connectivity index (χ1n) is 10.6. The Kier molecular flexibility index (Phi) is 8.02. The van der Waals surface area contributed by atoms with Crippen molar-refractivity contribution in [3.8, 4) is 0 Å². The number of rotatable bonds is 5. The molecule has 0 spiro atoms. The summed E-state index contributed by atoms with van der Waals surface area (Å²) < 4.78 is 26.2. The predicted octanol–water partition coefficient (Wildman–Crippen LogP) is 5.59. The van der Waals surface area contributed by atoms with Crippen LogP contribution in [0.25, 0.3) is 0 Å². The monoisotopic (exact) mass is 506 g/mol. The molecule has 3 rings (SSSR count). The van der Waals surface area contributed by atoms with Crippen molar-refractivity contribution in [2.24, 2.45) is 10.8 Å². The van der Waals surface area contributed by atoms with E-state index >= 15 is 0 Å². The largest absolute Gasteiger partial charge is 0.368 e. The lowest BCUT2D eigenvalue weighted by Gasteiger charge is -2.47. The predicted molar refractivity (Wildman–Crippen MR) is 142 cm³/mol. The van der Waals surface area contributed by atoms with Crippen LogP contribution in [0, 0.1) is 10.8 Å². The molecule has 2 aromatic rings. The van der Waals surface area contributed by atoms with E-state index in [2.05, 4.69) is 31.4 Å². The van der Waals surface area contributed by atoms with Crippen molar-refractivity contribution in [3.63, 3.8) is 0 Å². The average Bonchev–Trinajstić information content (AvgIpc) is 2.72. The van der Waals surface area contributed by atoms with Gasteiger partial charge in [-0.05, 0) is 66.6 Å². The van der Waals surface area contributed by atoms with Crippen LogP contribution in [0.1, 0.15) is 40.0 Å². The van der Waals surface area contributed by atoms with Gasteiger partial charge in [0.15, 0.2) is 4.32 Å². The third-order valence-electron chi connectivity index (χ3n) is 5.68. The average molecular weight is 507 g/mol. The summed E-state index contributed by atoms with van der Waals surface area (Å²) in [6.07, 6.45) is 2.86. The van der Waals surface area contributed by atoms with Crippen molar-refractivity contribution in [1.29, 1.82) is 0 Å². The van der Waals surface area contributed by atoms with E-state index < -0.39 is 9.84 Å². The minimum atomic E-state index is -3.68. The summed E-state index contributed by atoms with van der Waals surface area (Å²) in [5.74, 6) is 0. The fourth-order valence-corrected chi connectivity index (χ4v) is 7.29. The molecule has 0 aliphatic heterocycles.